The Balaban J connectivity index is 5.27. The van der Waals surface area contributed by atoms with E-state index in [0.29, 0.717) is 23.4 Å². The Labute approximate surface area is 147 Å². The first-order valence-electron chi connectivity index (χ1n) is 9.65. The van der Waals surface area contributed by atoms with Gasteiger partial charge in [0, 0.05) is 23.2 Å². The molecule has 2 atom stereocenters. The van der Waals surface area contributed by atoms with Gasteiger partial charge < -0.3 is 5.32 Å². The van der Waals surface area contributed by atoms with Crippen LogP contribution in [0.3, 0.4) is 0 Å². The van der Waals surface area contributed by atoms with E-state index in [1.165, 1.54) is 19.3 Å². The maximum atomic E-state index is 3.89. The summed E-state index contributed by atoms with van der Waals surface area (Å²) in [6.45, 7) is 25.9. The molecule has 0 aliphatic heterocycles. The van der Waals surface area contributed by atoms with Crippen LogP contribution in [-0.2, 0) is 0 Å². The van der Waals surface area contributed by atoms with Gasteiger partial charge in [0.1, 0.15) is 0 Å². The summed E-state index contributed by atoms with van der Waals surface area (Å²) in [4.78, 5) is 2.54. The van der Waals surface area contributed by atoms with Gasteiger partial charge in [-0.15, -0.1) is 0 Å². The fourth-order valence-corrected chi connectivity index (χ4v) is 4.27. The fourth-order valence-electron chi connectivity index (χ4n) is 4.27. The average Bonchev–Trinajstić information content (AvgIpc) is 2.32. The topological polar surface area (TPSA) is 15.3 Å². The summed E-state index contributed by atoms with van der Waals surface area (Å²) in [6, 6.07) is 1.08. The smallest absolute Gasteiger partial charge is 0.0158 e. The minimum Gasteiger partial charge on any atom is -0.311 e. The SMILES string of the molecule is CCCC(C)(C)C(NC(C)C)C(C)CC(C)(C)N(C)C(C)(C)C. The highest BCUT2D eigenvalue weighted by Crippen LogP contribution is 2.37. The molecule has 0 amide bonds. The summed E-state index contributed by atoms with van der Waals surface area (Å²) >= 11 is 0. The molecule has 140 valence electrons. The third-order valence-electron chi connectivity index (χ3n) is 5.55. The van der Waals surface area contributed by atoms with Gasteiger partial charge in [0.05, 0.1) is 0 Å². The number of hydrogen-bond donors (Lipinski definition) is 1. The normalized spacial score (nSPS) is 17.0. The summed E-state index contributed by atoms with van der Waals surface area (Å²) in [5, 5.41) is 3.89. The van der Waals surface area contributed by atoms with Gasteiger partial charge in [-0.05, 0) is 65.8 Å². The van der Waals surface area contributed by atoms with Gasteiger partial charge in [0.25, 0.3) is 0 Å². The van der Waals surface area contributed by atoms with Crippen molar-refractivity contribution >= 4 is 0 Å². The highest BCUT2D eigenvalue weighted by molar-refractivity contribution is 4.95. The molecule has 2 heteroatoms. The highest BCUT2D eigenvalue weighted by atomic mass is 15.2. The molecule has 2 nitrogen and oxygen atoms in total. The Bertz CT molecular complexity index is 336. The fraction of sp³-hybridized carbons (Fsp3) is 1.00. The first-order chi connectivity index (χ1) is 10.1. The average molecular weight is 327 g/mol. The molecule has 23 heavy (non-hydrogen) atoms. The van der Waals surface area contributed by atoms with Gasteiger partial charge in [0.2, 0.25) is 0 Å². The molecule has 0 heterocycles. The summed E-state index contributed by atoms with van der Waals surface area (Å²) in [5.74, 6) is 0.638. The lowest BCUT2D eigenvalue weighted by molar-refractivity contribution is 0.0258. The van der Waals surface area contributed by atoms with Crippen molar-refractivity contribution in [2.45, 2.75) is 119 Å². The van der Waals surface area contributed by atoms with E-state index in [2.05, 4.69) is 93.4 Å². The lowest BCUT2D eigenvalue weighted by atomic mass is 9.71. The van der Waals surface area contributed by atoms with E-state index in [1.54, 1.807) is 0 Å². The zero-order valence-corrected chi connectivity index (χ0v) is 18.3. The molecule has 0 bridgehead atoms. The molecule has 0 saturated carbocycles. The van der Waals surface area contributed by atoms with E-state index < -0.39 is 0 Å². The molecule has 0 spiro atoms. The zero-order valence-electron chi connectivity index (χ0n) is 18.3. The van der Waals surface area contributed by atoms with Crippen LogP contribution in [0.4, 0.5) is 0 Å². The molecule has 0 rings (SSSR count). The Morgan fingerprint density at radius 3 is 1.74 bits per heavy atom. The molecule has 0 aliphatic carbocycles. The van der Waals surface area contributed by atoms with Gasteiger partial charge >= 0.3 is 0 Å². The van der Waals surface area contributed by atoms with Gasteiger partial charge in [-0.3, -0.25) is 4.90 Å². The summed E-state index contributed by atoms with van der Waals surface area (Å²) in [6.07, 6.45) is 3.73. The van der Waals surface area contributed by atoms with Crippen molar-refractivity contribution in [3.8, 4) is 0 Å². The molecule has 0 aliphatic rings. The second kappa shape index (κ2) is 8.34. The van der Waals surface area contributed by atoms with E-state index in [9.17, 15) is 0 Å². The minimum absolute atomic E-state index is 0.191. The van der Waals surface area contributed by atoms with Crippen LogP contribution < -0.4 is 5.32 Å². The number of hydrogen-bond acceptors (Lipinski definition) is 2. The zero-order chi connectivity index (χ0) is 18.6. The first-order valence-corrected chi connectivity index (χ1v) is 9.65. The van der Waals surface area contributed by atoms with Crippen molar-refractivity contribution in [3.05, 3.63) is 0 Å². The van der Waals surface area contributed by atoms with Gasteiger partial charge in [-0.1, -0.05) is 48.0 Å². The largest absolute Gasteiger partial charge is 0.311 e. The quantitative estimate of drug-likeness (QED) is 0.583. The van der Waals surface area contributed by atoms with Crippen molar-refractivity contribution in [3.63, 3.8) is 0 Å². The van der Waals surface area contributed by atoms with Crippen LogP contribution in [0, 0.1) is 11.3 Å². The molecule has 0 radical (unpaired) electrons. The van der Waals surface area contributed by atoms with Crippen LogP contribution in [0.25, 0.3) is 0 Å². The van der Waals surface area contributed by atoms with E-state index in [-0.39, 0.29) is 11.1 Å². The first kappa shape index (κ1) is 22.9. The van der Waals surface area contributed by atoms with Crippen molar-refractivity contribution in [1.82, 2.24) is 10.2 Å². The van der Waals surface area contributed by atoms with Crippen LogP contribution in [-0.4, -0.2) is 35.1 Å². The van der Waals surface area contributed by atoms with Gasteiger partial charge in [-0.2, -0.15) is 0 Å². The van der Waals surface area contributed by atoms with Crippen LogP contribution in [0.15, 0.2) is 0 Å². The monoisotopic (exact) mass is 326 g/mol. The van der Waals surface area contributed by atoms with Crippen molar-refractivity contribution < 1.29 is 0 Å². The maximum absolute atomic E-state index is 3.89. The lowest BCUT2D eigenvalue weighted by Crippen LogP contribution is -2.55. The molecule has 1 N–H and O–H groups in total. The molecule has 0 aromatic carbocycles. The molecule has 0 saturated heterocycles. The number of nitrogens with zero attached hydrogens (tertiary/aromatic N) is 1. The molecule has 2 unspecified atom stereocenters. The summed E-state index contributed by atoms with van der Waals surface area (Å²) in [5.41, 5.74) is 0.717. The second-order valence-electron chi connectivity index (χ2n) is 10.3. The van der Waals surface area contributed by atoms with E-state index in [4.69, 9.17) is 0 Å². The van der Waals surface area contributed by atoms with Crippen molar-refractivity contribution in [1.29, 1.82) is 0 Å². The van der Waals surface area contributed by atoms with E-state index >= 15 is 0 Å². The highest BCUT2D eigenvalue weighted by Gasteiger charge is 2.38. The van der Waals surface area contributed by atoms with Crippen molar-refractivity contribution in [2.75, 3.05) is 7.05 Å². The van der Waals surface area contributed by atoms with Crippen LogP contribution in [0.5, 0.6) is 0 Å². The maximum Gasteiger partial charge on any atom is 0.0158 e. The Hall–Kier alpha value is -0.0800. The number of nitrogens with one attached hydrogen (secondary N) is 1. The Morgan fingerprint density at radius 1 is 0.913 bits per heavy atom. The van der Waals surface area contributed by atoms with E-state index in [0.717, 1.165) is 0 Å². The third kappa shape index (κ3) is 7.13. The molecule has 0 aromatic rings. The minimum atomic E-state index is 0.191. The third-order valence-corrected chi connectivity index (χ3v) is 5.55. The van der Waals surface area contributed by atoms with Crippen LogP contribution in [0.1, 0.15) is 95.4 Å². The standard InChI is InChI=1S/C21H46N2/c1-13-14-20(8,9)18(22-16(2)3)17(4)15-21(10,11)23(12)19(5,6)7/h16-18,22H,13-15H2,1-12H3. The lowest BCUT2D eigenvalue weighted by Gasteiger charge is -2.48. The summed E-state index contributed by atoms with van der Waals surface area (Å²) in [7, 11) is 2.27. The Kier molecular flexibility index (Phi) is 8.31. The van der Waals surface area contributed by atoms with E-state index in [1.807, 2.05) is 0 Å². The van der Waals surface area contributed by atoms with Crippen LogP contribution >= 0.6 is 0 Å². The molecular formula is C21H46N2. The van der Waals surface area contributed by atoms with Gasteiger partial charge in [-0.25, -0.2) is 0 Å². The van der Waals surface area contributed by atoms with Gasteiger partial charge in [0.15, 0.2) is 0 Å². The molecular weight excluding hydrogens is 280 g/mol. The second-order valence-corrected chi connectivity index (χ2v) is 10.3. The molecule has 0 fully saturated rings. The van der Waals surface area contributed by atoms with Crippen molar-refractivity contribution in [2.24, 2.45) is 11.3 Å². The Morgan fingerprint density at radius 2 is 1.39 bits per heavy atom. The summed E-state index contributed by atoms with van der Waals surface area (Å²) < 4.78 is 0. The van der Waals surface area contributed by atoms with Crippen LogP contribution in [0.2, 0.25) is 0 Å². The molecule has 0 aromatic heterocycles. The number of rotatable bonds is 9. The predicted octanol–water partition coefficient (Wildman–Crippen LogP) is 5.71. The predicted molar refractivity (Wildman–Crippen MR) is 106 cm³/mol.